The fraction of sp³-hybridized carbons (Fsp3) is 0.700. The van der Waals surface area contributed by atoms with Crippen molar-refractivity contribution in [3.63, 3.8) is 0 Å². The number of nitrogens with two attached hydrogens (primary N) is 1. The standard InChI is InChI=1S/C10H18N2O3S/c1-5-10(2,3)12-9(13)8(11)6-7-16(4,14)15/h1,8H,6-7,11H2,2-4H3,(H,12,13). The molecule has 0 saturated heterocycles. The average molecular weight is 246 g/mol. The van der Waals surface area contributed by atoms with Crippen LogP contribution in [0.2, 0.25) is 0 Å². The van der Waals surface area contributed by atoms with Crippen molar-refractivity contribution in [2.24, 2.45) is 5.73 Å². The van der Waals surface area contributed by atoms with Crippen molar-refractivity contribution in [3.05, 3.63) is 0 Å². The number of hydrogen-bond acceptors (Lipinski definition) is 4. The zero-order valence-corrected chi connectivity index (χ0v) is 10.6. The molecule has 0 radical (unpaired) electrons. The minimum Gasteiger partial charge on any atom is -0.339 e. The van der Waals surface area contributed by atoms with E-state index >= 15 is 0 Å². The summed E-state index contributed by atoms with van der Waals surface area (Å²) in [4.78, 5) is 11.5. The predicted octanol–water partition coefficient (Wildman–Crippen LogP) is -0.724. The highest BCUT2D eigenvalue weighted by atomic mass is 32.2. The van der Waals surface area contributed by atoms with E-state index in [4.69, 9.17) is 12.2 Å². The van der Waals surface area contributed by atoms with Crippen LogP contribution in [0.5, 0.6) is 0 Å². The van der Waals surface area contributed by atoms with Gasteiger partial charge in [0.25, 0.3) is 0 Å². The number of sulfone groups is 1. The van der Waals surface area contributed by atoms with Gasteiger partial charge in [0.05, 0.1) is 17.3 Å². The van der Waals surface area contributed by atoms with Crippen LogP contribution in [0.1, 0.15) is 20.3 Å². The molecule has 0 aromatic rings. The fourth-order valence-corrected chi connectivity index (χ4v) is 1.59. The highest BCUT2D eigenvalue weighted by Crippen LogP contribution is 2.01. The monoisotopic (exact) mass is 246 g/mol. The molecule has 0 aromatic carbocycles. The van der Waals surface area contributed by atoms with Gasteiger partial charge in [-0.15, -0.1) is 6.42 Å². The topological polar surface area (TPSA) is 89.3 Å². The first-order valence-electron chi connectivity index (χ1n) is 4.80. The average Bonchev–Trinajstić information content (AvgIpc) is 2.12. The summed E-state index contributed by atoms with van der Waals surface area (Å²) in [6.45, 7) is 3.32. The van der Waals surface area contributed by atoms with E-state index in [-0.39, 0.29) is 12.2 Å². The SMILES string of the molecule is C#CC(C)(C)NC(=O)C(N)CCS(C)(=O)=O. The van der Waals surface area contributed by atoms with E-state index in [1.165, 1.54) is 0 Å². The molecule has 92 valence electrons. The Morgan fingerprint density at radius 2 is 2.06 bits per heavy atom. The molecule has 16 heavy (non-hydrogen) atoms. The Bertz CT molecular complexity index is 393. The molecular weight excluding hydrogens is 228 g/mol. The van der Waals surface area contributed by atoms with Crippen LogP contribution in [0, 0.1) is 12.3 Å². The van der Waals surface area contributed by atoms with Crippen molar-refractivity contribution in [3.8, 4) is 12.3 Å². The van der Waals surface area contributed by atoms with Gasteiger partial charge in [0.15, 0.2) is 0 Å². The zero-order valence-electron chi connectivity index (χ0n) is 9.78. The van der Waals surface area contributed by atoms with E-state index in [2.05, 4.69) is 11.2 Å². The first-order chi connectivity index (χ1) is 7.07. The van der Waals surface area contributed by atoms with E-state index in [9.17, 15) is 13.2 Å². The second-order valence-electron chi connectivity index (χ2n) is 4.28. The lowest BCUT2D eigenvalue weighted by Crippen LogP contribution is -2.50. The number of carbonyl (C=O) groups is 1. The molecule has 0 spiro atoms. The van der Waals surface area contributed by atoms with Gasteiger partial charge >= 0.3 is 0 Å². The van der Waals surface area contributed by atoms with E-state index in [1.54, 1.807) is 13.8 Å². The van der Waals surface area contributed by atoms with Gasteiger partial charge in [-0.1, -0.05) is 5.92 Å². The number of rotatable bonds is 5. The fourth-order valence-electron chi connectivity index (χ4n) is 0.909. The van der Waals surface area contributed by atoms with Crippen molar-refractivity contribution < 1.29 is 13.2 Å². The molecule has 5 nitrogen and oxygen atoms in total. The molecular formula is C10H18N2O3S. The van der Waals surface area contributed by atoms with Crippen LogP contribution in [0.15, 0.2) is 0 Å². The third-order valence-electron chi connectivity index (χ3n) is 1.93. The van der Waals surface area contributed by atoms with Crippen LogP contribution in [-0.4, -0.2) is 37.9 Å². The Balaban J connectivity index is 4.27. The van der Waals surface area contributed by atoms with Crippen LogP contribution < -0.4 is 11.1 Å². The normalized spacial score (nSPS) is 13.9. The lowest BCUT2D eigenvalue weighted by molar-refractivity contribution is -0.123. The molecule has 0 aliphatic heterocycles. The van der Waals surface area contributed by atoms with Gasteiger partial charge in [-0.25, -0.2) is 8.42 Å². The van der Waals surface area contributed by atoms with E-state index in [0.717, 1.165) is 6.26 Å². The highest BCUT2D eigenvalue weighted by molar-refractivity contribution is 7.90. The zero-order chi connectivity index (χ0) is 13.0. The molecule has 3 N–H and O–H groups in total. The van der Waals surface area contributed by atoms with Crippen LogP contribution in [0.25, 0.3) is 0 Å². The van der Waals surface area contributed by atoms with Crippen LogP contribution in [0.4, 0.5) is 0 Å². The second kappa shape index (κ2) is 5.32. The van der Waals surface area contributed by atoms with Gasteiger partial charge in [-0.2, -0.15) is 0 Å². The Morgan fingerprint density at radius 3 is 2.44 bits per heavy atom. The molecule has 1 unspecified atom stereocenters. The smallest absolute Gasteiger partial charge is 0.238 e. The highest BCUT2D eigenvalue weighted by Gasteiger charge is 2.22. The molecule has 6 heteroatoms. The minimum absolute atomic E-state index is 0.0886. The molecule has 0 heterocycles. The summed E-state index contributed by atoms with van der Waals surface area (Å²) in [5.41, 5.74) is 4.76. The van der Waals surface area contributed by atoms with Gasteiger partial charge in [0.1, 0.15) is 9.84 Å². The molecule has 1 atom stereocenters. The van der Waals surface area contributed by atoms with Crippen LogP contribution in [0.3, 0.4) is 0 Å². The third kappa shape index (κ3) is 6.43. The summed E-state index contributed by atoms with van der Waals surface area (Å²) < 4.78 is 21.8. The first kappa shape index (κ1) is 14.9. The minimum atomic E-state index is -3.10. The summed E-state index contributed by atoms with van der Waals surface area (Å²) in [6, 6.07) is -0.859. The molecule has 0 fully saturated rings. The Morgan fingerprint density at radius 1 is 1.56 bits per heavy atom. The predicted molar refractivity (Wildman–Crippen MR) is 63.4 cm³/mol. The number of hydrogen-bond donors (Lipinski definition) is 2. The van der Waals surface area contributed by atoms with Gasteiger partial charge < -0.3 is 11.1 Å². The maximum atomic E-state index is 11.5. The summed E-state index contributed by atoms with van der Waals surface area (Å²) in [5.74, 6) is 1.84. The van der Waals surface area contributed by atoms with Crippen molar-refractivity contribution in [2.75, 3.05) is 12.0 Å². The summed E-state index contributed by atoms with van der Waals surface area (Å²) >= 11 is 0. The van der Waals surface area contributed by atoms with Crippen LogP contribution >= 0.6 is 0 Å². The summed E-state index contributed by atoms with van der Waals surface area (Å²) in [7, 11) is -3.10. The van der Waals surface area contributed by atoms with E-state index < -0.39 is 27.3 Å². The van der Waals surface area contributed by atoms with Crippen molar-refractivity contribution in [1.82, 2.24) is 5.32 Å². The van der Waals surface area contributed by atoms with Gasteiger partial charge in [-0.3, -0.25) is 4.79 Å². The molecule has 0 aliphatic rings. The number of nitrogens with one attached hydrogen (secondary N) is 1. The number of amides is 1. The Hall–Kier alpha value is -1.06. The number of carbonyl (C=O) groups excluding carboxylic acids is 1. The van der Waals surface area contributed by atoms with Gasteiger partial charge in [0, 0.05) is 6.26 Å². The first-order valence-corrected chi connectivity index (χ1v) is 6.86. The molecule has 0 aliphatic carbocycles. The van der Waals surface area contributed by atoms with Crippen LogP contribution in [-0.2, 0) is 14.6 Å². The lowest BCUT2D eigenvalue weighted by Gasteiger charge is -2.22. The maximum absolute atomic E-state index is 11.5. The quantitative estimate of drug-likeness (QED) is 0.626. The third-order valence-corrected chi connectivity index (χ3v) is 2.91. The lowest BCUT2D eigenvalue weighted by atomic mass is 10.1. The van der Waals surface area contributed by atoms with E-state index in [0.29, 0.717) is 0 Å². The van der Waals surface area contributed by atoms with Crippen molar-refractivity contribution in [2.45, 2.75) is 31.8 Å². The van der Waals surface area contributed by atoms with Crippen molar-refractivity contribution >= 4 is 15.7 Å². The Labute approximate surface area is 96.7 Å². The van der Waals surface area contributed by atoms with E-state index in [1.807, 2.05) is 0 Å². The summed E-state index contributed by atoms with van der Waals surface area (Å²) in [6.07, 6.45) is 6.39. The van der Waals surface area contributed by atoms with Gasteiger partial charge in [0.2, 0.25) is 5.91 Å². The Kier molecular flexibility index (Phi) is 4.97. The van der Waals surface area contributed by atoms with Gasteiger partial charge in [-0.05, 0) is 20.3 Å². The molecule has 0 bridgehead atoms. The summed E-state index contributed by atoms with van der Waals surface area (Å²) in [5, 5.41) is 2.55. The molecule has 1 amide bonds. The molecule has 0 saturated carbocycles. The molecule has 0 rings (SSSR count). The number of terminal acetylenes is 1. The molecule has 0 aromatic heterocycles. The van der Waals surface area contributed by atoms with Crippen molar-refractivity contribution in [1.29, 1.82) is 0 Å². The second-order valence-corrected chi connectivity index (χ2v) is 6.54. The largest absolute Gasteiger partial charge is 0.339 e. The maximum Gasteiger partial charge on any atom is 0.238 e.